The van der Waals surface area contributed by atoms with Crippen molar-refractivity contribution in [3.8, 4) is 0 Å². The summed E-state index contributed by atoms with van der Waals surface area (Å²) in [7, 11) is 0. The Labute approximate surface area is 136 Å². The zero-order valence-electron chi connectivity index (χ0n) is 11.3. The molecule has 0 aromatic heterocycles. The molecule has 1 amide bonds. The number of anilines is 1. The van der Waals surface area contributed by atoms with Crippen LogP contribution in [0.3, 0.4) is 0 Å². The fraction of sp³-hybridized carbons (Fsp3) is 0.0625. The van der Waals surface area contributed by atoms with E-state index in [1.165, 1.54) is 17.8 Å². The average molecular weight is 335 g/mol. The third-order valence-corrected chi connectivity index (χ3v) is 4.34. The number of hydrogen-bond donors (Lipinski definition) is 2. The van der Waals surface area contributed by atoms with Gasteiger partial charge >= 0.3 is 0 Å². The monoisotopic (exact) mass is 334 g/mol. The summed E-state index contributed by atoms with van der Waals surface area (Å²) in [4.78, 5) is 12.5. The second-order valence-corrected chi connectivity index (χ2v) is 6.24. The second kappa shape index (κ2) is 6.42. The molecule has 6 heteroatoms. The molecule has 3 nitrogen and oxygen atoms in total. The summed E-state index contributed by atoms with van der Waals surface area (Å²) < 4.78 is 13.6. The highest BCUT2D eigenvalue weighted by Gasteiger charge is 2.27. The molecule has 2 aromatic rings. The van der Waals surface area contributed by atoms with Crippen LogP contribution in [-0.4, -0.2) is 11.4 Å². The lowest BCUT2D eigenvalue weighted by molar-refractivity contribution is -0.116. The smallest absolute Gasteiger partial charge is 0.260 e. The van der Waals surface area contributed by atoms with Gasteiger partial charge in [0, 0.05) is 5.02 Å². The molecule has 0 saturated carbocycles. The molecule has 2 aromatic carbocycles. The quantitative estimate of drug-likeness (QED) is 0.831. The molecule has 0 spiro atoms. The van der Waals surface area contributed by atoms with Crippen molar-refractivity contribution in [3.05, 3.63) is 69.8 Å². The number of carbonyl (C=O) groups is 1. The normalized spacial score (nSPS) is 19.3. The van der Waals surface area contributed by atoms with Gasteiger partial charge in [0.25, 0.3) is 5.91 Å². The molecule has 22 heavy (non-hydrogen) atoms. The highest BCUT2D eigenvalue weighted by atomic mass is 35.5. The first-order valence-corrected chi connectivity index (χ1v) is 7.83. The molecule has 1 aliphatic heterocycles. The molecule has 1 atom stereocenters. The highest BCUT2D eigenvalue weighted by Crippen LogP contribution is 2.30. The third-order valence-electron chi connectivity index (χ3n) is 3.06. The Kier molecular flexibility index (Phi) is 4.36. The maximum atomic E-state index is 13.6. The standard InChI is InChI=1S/C16H12ClFN2OS/c17-11-7-5-10(6-8-11)9-14-15(21)20-16(22-14)19-13-4-2-1-3-12(13)18/h1-9,16,19H,(H,20,21)/b14-9-. The van der Waals surface area contributed by atoms with E-state index in [2.05, 4.69) is 10.6 Å². The summed E-state index contributed by atoms with van der Waals surface area (Å²) >= 11 is 7.15. The van der Waals surface area contributed by atoms with E-state index in [0.717, 1.165) is 5.56 Å². The van der Waals surface area contributed by atoms with Crippen molar-refractivity contribution in [2.45, 2.75) is 5.50 Å². The van der Waals surface area contributed by atoms with E-state index in [4.69, 9.17) is 11.6 Å². The molecule has 0 bridgehead atoms. The number of benzene rings is 2. The highest BCUT2D eigenvalue weighted by molar-refractivity contribution is 8.05. The Morgan fingerprint density at radius 1 is 1.18 bits per heavy atom. The lowest BCUT2D eigenvalue weighted by Gasteiger charge is -2.12. The van der Waals surface area contributed by atoms with Crippen molar-refractivity contribution in [2.24, 2.45) is 0 Å². The van der Waals surface area contributed by atoms with Gasteiger partial charge in [0.05, 0.1) is 10.6 Å². The van der Waals surface area contributed by atoms with Crippen LogP contribution in [-0.2, 0) is 4.79 Å². The van der Waals surface area contributed by atoms with E-state index in [1.54, 1.807) is 36.4 Å². The summed E-state index contributed by atoms with van der Waals surface area (Å²) in [6.07, 6.45) is 1.78. The van der Waals surface area contributed by atoms with Gasteiger partial charge in [0.2, 0.25) is 0 Å². The van der Waals surface area contributed by atoms with E-state index in [1.807, 2.05) is 12.1 Å². The van der Waals surface area contributed by atoms with Gasteiger partial charge in [-0.05, 0) is 35.9 Å². The van der Waals surface area contributed by atoms with Gasteiger partial charge in [-0.25, -0.2) is 4.39 Å². The van der Waals surface area contributed by atoms with Gasteiger partial charge in [0.15, 0.2) is 5.50 Å². The van der Waals surface area contributed by atoms with E-state index >= 15 is 0 Å². The number of amides is 1. The van der Waals surface area contributed by atoms with Crippen molar-refractivity contribution in [1.29, 1.82) is 0 Å². The van der Waals surface area contributed by atoms with Crippen molar-refractivity contribution >= 4 is 41.0 Å². The lowest BCUT2D eigenvalue weighted by Crippen LogP contribution is -2.31. The first kappa shape index (κ1) is 14.9. The van der Waals surface area contributed by atoms with Crippen LogP contribution in [0.2, 0.25) is 5.02 Å². The topological polar surface area (TPSA) is 41.1 Å². The average Bonchev–Trinajstić information content (AvgIpc) is 2.84. The van der Waals surface area contributed by atoms with E-state index in [9.17, 15) is 9.18 Å². The fourth-order valence-corrected chi connectivity index (χ4v) is 3.10. The summed E-state index contributed by atoms with van der Waals surface area (Å²) in [6.45, 7) is 0. The van der Waals surface area contributed by atoms with Gasteiger partial charge in [-0.1, -0.05) is 47.6 Å². The van der Waals surface area contributed by atoms with E-state index in [0.29, 0.717) is 15.6 Å². The minimum absolute atomic E-state index is 0.186. The molecule has 1 heterocycles. The molecular formula is C16H12ClFN2OS. The van der Waals surface area contributed by atoms with E-state index in [-0.39, 0.29) is 11.7 Å². The number of hydrogen-bond acceptors (Lipinski definition) is 3. The zero-order chi connectivity index (χ0) is 15.5. The lowest BCUT2D eigenvalue weighted by atomic mass is 10.2. The van der Waals surface area contributed by atoms with Crippen molar-refractivity contribution in [3.63, 3.8) is 0 Å². The van der Waals surface area contributed by atoms with Crippen molar-refractivity contribution in [2.75, 3.05) is 5.32 Å². The minimum atomic E-state index is -0.400. The van der Waals surface area contributed by atoms with E-state index < -0.39 is 5.50 Å². The number of para-hydroxylation sites is 1. The molecule has 1 unspecified atom stereocenters. The Morgan fingerprint density at radius 2 is 1.91 bits per heavy atom. The number of carbonyl (C=O) groups excluding carboxylic acids is 1. The fourth-order valence-electron chi connectivity index (χ4n) is 2.00. The second-order valence-electron chi connectivity index (χ2n) is 4.66. The molecule has 2 N–H and O–H groups in total. The van der Waals surface area contributed by atoms with Gasteiger partial charge in [0.1, 0.15) is 5.82 Å². The Balaban J connectivity index is 1.73. The molecule has 112 valence electrons. The number of halogens is 2. The Morgan fingerprint density at radius 3 is 2.64 bits per heavy atom. The predicted molar refractivity (Wildman–Crippen MR) is 89.0 cm³/mol. The van der Waals surface area contributed by atoms with Crippen molar-refractivity contribution < 1.29 is 9.18 Å². The van der Waals surface area contributed by atoms with Crippen LogP contribution in [0.1, 0.15) is 5.56 Å². The summed E-state index contributed by atoms with van der Waals surface area (Å²) in [5.41, 5.74) is 0.838. The minimum Gasteiger partial charge on any atom is -0.354 e. The third kappa shape index (κ3) is 3.43. The largest absolute Gasteiger partial charge is 0.354 e. The molecule has 3 rings (SSSR count). The van der Waals surface area contributed by atoms with Gasteiger partial charge < -0.3 is 10.6 Å². The molecule has 1 fully saturated rings. The van der Waals surface area contributed by atoms with Gasteiger partial charge in [-0.3, -0.25) is 4.79 Å². The molecule has 1 aliphatic rings. The zero-order valence-corrected chi connectivity index (χ0v) is 12.9. The maximum Gasteiger partial charge on any atom is 0.260 e. The van der Waals surface area contributed by atoms with Gasteiger partial charge in [-0.2, -0.15) is 0 Å². The molecular weight excluding hydrogens is 323 g/mol. The first-order valence-electron chi connectivity index (χ1n) is 6.58. The molecule has 1 saturated heterocycles. The number of nitrogens with one attached hydrogen (secondary N) is 2. The predicted octanol–water partition coefficient (Wildman–Crippen LogP) is 4.08. The number of rotatable bonds is 3. The number of thioether (sulfide) groups is 1. The summed E-state index contributed by atoms with van der Waals surface area (Å²) in [5.74, 6) is -0.540. The van der Waals surface area contributed by atoms with Crippen LogP contribution in [0.25, 0.3) is 6.08 Å². The Hall–Kier alpha value is -1.98. The maximum absolute atomic E-state index is 13.6. The first-order chi connectivity index (χ1) is 10.6. The summed E-state index contributed by atoms with van der Waals surface area (Å²) in [6, 6.07) is 13.5. The van der Waals surface area contributed by atoms with Crippen LogP contribution in [0.15, 0.2) is 53.4 Å². The molecule has 0 radical (unpaired) electrons. The molecule has 0 aliphatic carbocycles. The van der Waals surface area contributed by atoms with Crippen LogP contribution in [0.5, 0.6) is 0 Å². The SMILES string of the molecule is O=C1NC(Nc2ccccc2F)S/C1=C\c1ccc(Cl)cc1. The van der Waals surface area contributed by atoms with Gasteiger partial charge in [-0.15, -0.1) is 0 Å². The summed E-state index contributed by atoms with van der Waals surface area (Å²) in [5, 5.41) is 6.36. The van der Waals surface area contributed by atoms with Crippen LogP contribution in [0.4, 0.5) is 10.1 Å². The van der Waals surface area contributed by atoms with Crippen LogP contribution in [0, 0.1) is 5.82 Å². The van der Waals surface area contributed by atoms with Crippen molar-refractivity contribution in [1.82, 2.24) is 5.32 Å². The Bertz CT molecular complexity index is 733. The van der Waals surface area contributed by atoms with Crippen LogP contribution >= 0.6 is 23.4 Å². The van der Waals surface area contributed by atoms with Crippen LogP contribution < -0.4 is 10.6 Å².